The molecule has 1 N–H and O–H groups in total. The summed E-state index contributed by atoms with van der Waals surface area (Å²) in [5, 5.41) is 1.32. The van der Waals surface area contributed by atoms with E-state index in [1.807, 2.05) is 0 Å². The van der Waals surface area contributed by atoms with Crippen molar-refractivity contribution in [2.75, 3.05) is 6.54 Å². The largest absolute Gasteiger partial charge is 0.465 e. The molecule has 1 rings (SSSR count). The third-order valence-electron chi connectivity index (χ3n) is 3.34. The predicted molar refractivity (Wildman–Crippen MR) is 75.4 cm³/mol. The number of benzene rings is 1. The van der Waals surface area contributed by atoms with E-state index >= 15 is 0 Å². The highest BCUT2D eigenvalue weighted by atomic mass is 19.4. The van der Waals surface area contributed by atoms with E-state index in [0.717, 1.165) is 18.2 Å². The molecule has 0 radical (unpaired) electrons. The number of rotatable bonds is 7. The van der Waals surface area contributed by atoms with Crippen molar-refractivity contribution in [3.8, 4) is 5.75 Å². The predicted octanol–water partition coefficient (Wildman–Crippen LogP) is 4.04. The summed E-state index contributed by atoms with van der Waals surface area (Å²) in [4.78, 5) is 22.0. The zero-order valence-electron chi connectivity index (χ0n) is 13.9. The summed E-state index contributed by atoms with van der Waals surface area (Å²) in [5.74, 6) is -17.7. The number of para-hydroxylation sites is 1. The molecule has 0 spiro atoms. The van der Waals surface area contributed by atoms with Crippen LogP contribution in [0.15, 0.2) is 24.3 Å². The number of hydrogen-bond donors (Lipinski definition) is 1. The summed E-state index contributed by atoms with van der Waals surface area (Å²) < 4.78 is 128. The molecule has 1 amide bonds. The fourth-order valence-corrected chi connectivity index (χ4v) is 1.81. The van der Waals surface area contributed by atoms with Gasteiger partial charge in [0.1, 0.15) is 5.75 Å². The first kappa shape index (κ1) is 24.5. The van der Waals surface area contributed by atoms with E-state index in [2.05, 4.69) is 4.74 Å². The van der Waals surface area contributed by atoms with Crippen molar-refractivity contribution in [3.05, 3.63) is 29.8 Å². The first-order chi connectivity index (χ1) is 13.0. The molecule has 0 aromatic heterocycles. The number of amides is 1. The first-order valence-corrected chi connectivity index (χ1v) is 7.49. The Bertz CT molecular complexity index is 743. The minimum Gasteiger partial charge on any atom is -0.422 e. The Balaban J connectivity index is 2.73. The highest BCUT2D eigenvalue weighted by molar-refractivity contribution is 5.84. The number of esters is 1. The van der Waals surface area contributed by atoms with Crippen molar-refractivity contribution in [1.82, 2.24) is 5.32 Å². The van der Waals surface area contributed by atoms with Gasteiger partial charge >= 0.3 is 30.2 Å². The Kier molecular flexibility index (Phi) is 7.14. The molecule has 0 atom stereocenters. The summed E-state index contributed by atoms with van der Waals surface area (Å²) in [5.41, 5.74) is -0.129. The topological polar surface area (TPSA) is 55.4 Å². The van der Waals surface area contributed by atoms with Gasteiger partial charge < -0.3 is 10.1 Å². The van der Waals surface area contributed by atoms with Crippen molar-refractivity contribution in [2.24, 2.45) is 0 Å². The van der Waals surface area contributed by atoms with E-state index in [0.29, 0.717) is 0 Å². The maximum absolute atomic E-state index is 12.9. The third kappa shape index (κ3) is 5.73. The van der Waals surface area contributed by atoms with E-state index in [1.54, 1.807) is 0 Å². The van der Waals surface area contributed by atoms with Crippen LogP contribution in [0.3, 0.4) is 0 Å². The average Bonchev–Trinajstić information content (AvgIpc) is 2.57. The number of ether oxygens (including phenoxy) is 1. The van der Waals surface area contributed by atoms with Gasteiger partial charge in [0.2, 0.25) is 0 Å². The zero-order valence-corrected chi connectivity index (χ0v) is 13.9. The summed E-state index contributed by atoms with van der Waals surface area (Å²) in [7, 11) is 0. The van der Waals surface area contributed by atoms with Crippen molar-refractivity contribution in [2.45, 2.75) is 37.0 Å². The number of aryl methyl sites for hydroxylation is 1. The fraction of sp³-hybridized carbons (Fsp3) is 0.467. The van der Waals surface area contributed by atoms with Crippen molar-refractivity contribution in [1.29, 1.82) is 0 Å². The molecule has 14 heteroatoms. The summed E-state index contributed by atoms with van der Waals surface area (Å²) in [6, 6.07) is 4.39. The van der Waals surface area contributed by atoms with E-state index in [9.17, 15) is 53.5 Å². The van der Waals surface area contributed by atoms with Gasteiger partial charge in [0.05, 0.1) is 0 Å². The number of carbonyl (C=O) groups excluding carboxylic acids is 2. The monoisotopic (exact) mass is 443 g/mol. The molecule has 0 heterocycles. The second kappa shape index (κ2) is 8.45. The molecule has 0 aliphatic heterocycles. The van der Waals surface area contributed by atoms with Crippen LogP contribution in [0.2, 0.25) is 0 Å². The van der Waals surface area contributed by atoms with Crippen LogP contribution in [0.4, 0.5) is 43.9 Å². The Morgan fingerprint density at radius 3 is 1.86 bits per heavy atom. The molecular weight excluding hydrogens is 432 g/mol. The van der Waals surface area contributed by atoms with Crippen LogP contribution in [0.1, 0.15) is 12.0 Å². The van der Waals surface area contributed by atoms with E-state index in [4.69, 9.17) is 0 Å². The maximum atomic E-state index is 12.9. The third-order valence-corrected chi connectivity index (χ3v) is 3.34. The summed E-state index contributed by atoms with van der Waals surface area (Å²) in [6.45, 7) is -0.717. The quantitative estimate of drug-likeness (QED) is 0.300. The van der Waals surface area contributed by atoms with Gasteiger partial charge in [0.15, 0.2) is 0 Å². The smallest absolute Gasteiger partial charge is 0.422 e. The second-order valence-corrected chi connectivity index (χ2v) is 5.50. The molecule has 0 saturated carbocycles. The Hall–Kier alpha value is -2.54. The molecule has 0 bridgehead atoms. The molecule has 0 aliphatic rings. The van der Waals surface area contributed by atoms with Crippen LogP contribution in [0.5, 0.6) is 5.75 Å². The zero-order chi connectivity index (χ0) is 22.7. The van der Waals surface area contributed by atoms with Gasteiger partial charge in [0, 0.05) is 6.54 Å². The van der Waals surface area contributed by atoms with E-state index < -0.39 is 48.4 Å². The van der Waals surface area contributed by atoms with Gasteiger partial charge in [-0.25, -0.2) is 4.79 Å². The minimum atomic E-state index is -6.20. The lowest BCUT2D eigenvalue weighted by molar-refractivity contribution is -0.276. The molecule has 164 valence electrons. The number of hydrogen-bond acceptors (Lipinski definition) is 3. The summed E-state index contributed by atoms with van der Waals surface area (Å²) >= 11 is 0. The number of carbonyl (C=O) groups is 2. The molecule has 0 saturated heterocycles. The van der Waals surface area contributed by atoms with E-state index in [-0.39, 0.29) is 18.4 Å². The SMILES string of the molecule is O=C(NCCCc1ccccc1OC(=O)C(F)(F)C(F)(F)F)C(F)(F)C(F)(F)F. The maximum Gasteiger partial charge on any atom is 0.465 e. The van der Waals surface area contributed by atoms with Crippen LogP contribution < -0.4 is 10.1 Å². The van der Waals surface area contributed by atoms with E-state index in [1.165, 1.54) is 11.4 Å². The lowest BCUT2D eigenvalue weighted by Crippen LogP contribution is -2.50. The average molecular weight is 443 g/mol. The fourth-order valence-electron chi connectivity index (χ4n) is 1.81. The number of nitrogens with one attached hydrogen (secondary N) is 1. The highest BCUT2D eigenvalue weighted by Crippen LogP contribution is 2.37. The standard InChI is InChI=1S/C15H11F10NO3/c16-12(17,14(20,21)22)10(27)26-7-3-5-8-4-1-2-6-9(8)29-11(28)13(18,19)15(23,24)25/h1-2,4,6H,3,5,7H2,(H,26,27). The molecule has 1 aromatic rings. The first-order valence-electron chi connectivity index (χ1n) is 7.49. The van der Waals surface area contributed by atoms with Crippen molar-refractivity contribution < 1.29 is 58.2 Å². The van der Waals surface area contributed by atoms with Crippen LogP contribution >= 0.6 is 0 Å². The van der Waals surface area contributed by atoms with Gasteiger partial charge in [-0.3, -0.25) is 4.79 Å². The molecule has 1 aromatic carbocycles. The Morgan fingerprint density at radius 1 is 0.828 bits per heavy atom. The van der Waals surface area contributed by atoms with Gasteiger partial charge in [-0.15, -0.1) is 0 Å². The molecule has 0 unspecified atom stereocenters. The Labute approximate surface area is 155 Å². The normalized spacial score (nSPS) is 13.2. The molecule has 29 heavy (non-hydrogen) atoms. The summed E-state index contributed by atoms with van der Waals surface area (Å²) in [6.07, 6.45) is -13.0. The molecular formula is C15H11F10NO3. The van der Waals surface area contributed by atoms with Gasteiger partial charge in [-0.2, -0.15) is 43.9 Å². The highest BCUT2D eigenvalue weighted by Gasteiger charge is 2.65. The van der Waals surface area contributed by atoms with Crippen molar-refractivity contribution >= 4 is 11.9 Å². The molecule has 0 aliphatic carbocycles. The van der Waals surface area contributed by atoms with Gasteiger partial charge in [0.25, 0.3) is 5.91 Å². The minimum absolute atomic E-state index is 0.129. The van der Waals surface area contributed by atoms with Crippen molar-refractivity contribution in [3.63, 3.8) is 0 Å². The van der Waals surface area contributed by atoms with Crippen LogP contribution in [0.25, 0.3) is 0 Å². The van der Waals surface area contributed by atoms with Crippen LogP contribution in [-0.2, 0) is 16.0 Å². The van der Waals surface area contributed by atoms with Crippen LogP contribution in [0, 0.1) is 0 Å². The Morgan fingerprint density at radius 2 is 1.34 bits per heavy atom. The number of halogens is 10. The second-order valence-electron chi connectivity index (χ2n) is 5.50. The van der Waals surface area contributed by atoms with Crippen LogP contribution in [-0.4, -0.2) is 42.6 Å². The molecule has 0 fully saturated rings. The van der Waals surface area contributed by atoms with Gasteiger partial charge in [-0.05, 0) is 24.5 Å². The molecule has 4 nitrogen and oxygen atoms in total. The number of alkyl halides is 10. The lowest BCUT2D eigenvalue weighted by Gasteiger charge is -2.19. The lowest BCUT2D eigenvalue weighted by atomic mass is 10.1. The van der Waals surface area contributed by atoms with Gasteiger partial charge in [-0.1, -0.05) is 18.2 Å².